The molecular formula is C75H142O17P2. The molecule has 0 aliphatic rings. The Labute approximate surface area is 573 Å². The second kappa shape index (κ2) is 65.2. The van der Waals surface area contributed by atoms with Crippen molar-refractivity contribution in [3.05, 3.63) is 24.3 Å². The predicted molar refractivity (Wildman–Crippen MR) is 381 cm³/mol. The fourth-order valence-corrected chi connectivity index (χ4v) is 12.4. The van der Waals surface area contributed by atoms with Gasteiger partial charge in [0.2, 0.25) is 0 Å². The van der Waals surface area contributed by atoms with Crippen molar-refractivity contribution < 1.29 is 80.2 Å². The minimum Gasteiger partial charge on any atom is -0.462 e. The van der Waals surface area contributed by atoms with Crippen LogP contribution in [0.1, 0.15) is 357 Å². The van der Waals surface area contributed by atoms with Crippen LogP contribution in [0.4, 0.5) is 0 Å². The molecule has 0 rings (SSSR count). The zero-order valence-corrected chi connectivity index (χ0v) is 62.7. The lowest BCUT2D eigenvalue weighted by molar-refractivity contribution is -0.161. The molecule has 0 radical (unpaired) electrons. The number of carbonyl (C=O) groups is 4. The molecule has 0 aliphatic heterocycles. The molecular weight excluding hydrogens is 1230 g/mol. The van der Waals surface area contributed by atoms with Crippen LogP contribution in [0.5, 0.6) is 0 Å². The second-order valence-corrected chi connectivity index (χ2v) is 30.5. The molecule has 0 saturated carbocycles. The highest BCUT2D eigenvalue weighted by atomic mass is 31.2. The fraction of sp³-hybridized carbons (Fsp3) is 0.893. The van der Waals surface area contributed by atoms with Gasteiger partial charge in [0.05, 0.1) is 26.4 Å². The first kappa shape index (κ1) is 91.5. The van der Waals surface area contributed by atoms with E-state index < -0.39 is 97.5 Å². The Bertz CT molecular complexity index is 1930. The van der Waals surface area contributed by atoms with E-state index in [1.807, 2.05) is 0 Å². The number of hydrogen-bond acceptors (Lipinski definition) is 15. The number of aliphatic hydroxyl groups excluding tert-OH is 1. The summed E-state index contributed by atoms with van der Waals surface area (Å²) >= 11 is 0. The Kier molecular flexibility index (Phi) is 63.5. The van der Waals surface area contributed by atoms with Gasteiger partial charge in [-0.3, -0.25) is 37.3 Å². The third-order valence-electron chi connectivity index (χ3n) is 17.1. The van der Waals surface area contributed by atoms with Gasteiger partial charge in [0.15, 0.2) is 12.2 Å². The number of rotatable bonds is 71. The molecule has 4 unspecified atom stereocenters. The lowest BCUT2D eigenvalue weighted by Gasteiger charge is -2.21. The van der Waals surface area contributed by atoms with Gasteiger partial charge < -0.3 is 33.8 Å². The van der Waals surface area contributed by atoms with Crippen molar-refractivity contribution in [1.82, 2.24) is 0 Å². The summed E-state index contributed by atoms with van der Waals surface area (Å²) in [6.07, 6.45) is 53.5. The van der Waals surface area contributed by atoms with Crippen LogP contribution >= 0.6 is 15.6 Å². The Morgan fingerprint density at radius 3 is 0.947 bits per heavy atom. The third-order valence-corrected chi connectivity index (χ3v) is 19.0. The maximum atomic E-state index is 13.1. The molecule has 554 valence electrons. The van der Waals surface area contributed by atoms with Gasteiger partial charge in [0.25, 0.3) is 0 Å². The zero-order chi connectivity index (χ0) is 69.4. The summed E-state index contributed by atoms with van der Waals surface area (Å²) in [4.78, 5) is 72.7. The van der Waals surface area contributed by atoms with Gasteiger partial charge in [0.1, 0.15) is 19.3 Å². The minimum atomic E-state index is -4.96. The van der Waals surface area contributed by atoms with Gasteiger partial charge in [-0.1, -0.05) is 304 Å². The molecule has 0 spiro atoms. The molecule has 0 fully saturated rings. The van der Waals surface area contributed by atoms with Crippen molar-refractivity contribution in [2.75, 3.05) is 39.6 Å². The molecule has 0 aromatic heterocycles. The van der Waals surface area contributed by atoms with Crippen LogP contribution in [0.25, 0.3) is 0 Å². The van der Waals surface area contributed by atoms with E-state index in [1.165, 1.54) is 141 Å². The van der Waals surface area contributed by atoms with E-state index in [1.54, 1.807) is 0 Å². The molecule has 94 heavy (non-hydrogen) atoms. The SMILES string of the molecule is CCCCCC/C=C\C=C/CCCCCCCC(=O)OC[C@H](COP(=O)(O)OCC(O)COP(=O)(O)OC[C@@H](COC(=O)CCCCCCCCCC(C)C)OC(=O)CCCCCCCCCCCCCCC(C)C)OC(=O)CCCCCCCCCCCCC(C)CC. The lowest BCUT2D eigenvalue weighted by Crippen LogP contribution is -2.30. The van der Waals surface area contributed by atoms with E-state index in [2.05, 4.69) is 72.8 Å². The third kappa shape index (κ3) is 66.8. The average molecular weight is 1380 g/mol. The number of carbonyl (C=O) groups excluding carboxylic acids is 4. The molecule has 0 saturated heterocycles. The first-order valence-electron chi connectivity index (χ1n) is 38.2. The summed E-state index contributed by atoms with van der Waals surface area (Å²) in [5, 5.41) is 10.6. The van der Waals surface area contributed by atoms with Crippen LogP contribution < -0.4 is 0 Å². The maximum Gasteiger partial charge on any atom is 0.472 e. The molecule has 0 aromatic rings. The number of aliphatic hydroxyl groups is 1. The van der Waals surface area contributed by atoms with E-state index in [-0.39, 0.29) is 25.7 Å². The van der Waals surface area contributed by atoms with Gasteiger partial charge in [-0.05, 0) is 69.1 Å². The molecule has 0 bridgehead atoms. The van der Waals surface area contributed by atoms with Crippen molar-refractivity contribution in [1.29, 1.82) is 0 Å². The number of unbranched alkanes of at least 4 members (excludes halogenated alkanes) is 35. The molecule has 0 aliphatic carbocycles. The summed E-state index contributed by atoms with van der Waals surface area (Å²) in [6, 6.07) is 0. The zero-order valence-electron chi connectivity index (χ0n) is 60.9. The van der Waals surface area contributed by atoms with E-state index >= 15 is 0 Å². The van der Waals surface area contributed by atoms with Crippen molar-refractivity contribution in [2.45, 2.75) is 375 Å². The topological polar surface area (TPSA) is 237 Å². The minimum absolute atomic E-state index is 0.0990. The van der Waals surface area contributed by atoms with Crippen molar-refractivity contribution in [2.24, 2.45) is 17.8 Å². The highest BCUT2D eigenvalue weighted by Crippen LogP contribution is 2.45. The van der Waals surface area contributed by atoms with Crippen LogP contribution in [0.15, 0.2) is 24.3 Å². The van der Waals surface area contributed by atoms with E-state index in [0.29, 0.717) is 31.6 Å². The van der Waals surface area contributed by atoms with Gasteiger partial charge in [-0.25, -0.2) is 9.13 Å². The Morgan fingerprint density at radius 2 is 0.628 bits per heavy atom. The highest BCUT2D eigenvalue weighted by molar-refractivity contribution is 7.47. The van der Waals surface area contributed by atoms with Crippen LogP contribution in [0.3, 0.4) is 0 Å². The normalized spacial score (nSPS) is 14.6. The second-order valence-electron chi connectivity index (χ2n) is 27.5. The van der Waals surface area contributed by atoms with Crippen molar-refractivity contribution in [3.8, 4) is 0 Å². The number of allylic oxidation sites excluding steroid dienone is 4. The van der Waals surface area contributed by atoms with E-state index in [0.717, 1.165) is 127 Å². The van der Waals surface area contributed by atoms with Crippen molar-refractivity contribution in [3.63, 3.8) is 0 Å². The number of hydrogen-bond donors (Lipinski definition) is 3. The number of phosphoric ester groups is 2. The van der Waals surface area contributed by atoms with E-state index in [4.69, 9.17) is 37.0 Å². The van der Waals surface area contributed by atoms with Crippen LogP contribution in [-0.2, 0) is 65.4 Å². The van der Waals surface area contributed by atoms with Gasteiger partial charge in [0, 0.05) is 25.7 Å². The quantitative estimate of drug-likeness (QED) is 0.0169. The van der Waals surface area contributed by atoms with Gasteiger partial charge >= 0.3 is 39.5 Å². The molecule has 6 atom stereocenters. The van der Waals surface area contributed by atoms with Crippen LogP contribution in [-0.4, -0.2) is 96.7 Å². The smallest absolute Gasteiger partial charge is 0.462 e. The Hall–Kier alpha value is -2.46. The number of ether oxygens (including phenoxy) is 4. The number of phosphoric acid groups is 2. The maximum absolute atomic E-state index is 13.1. The fourth-order valence-electron chi connectivity index (χ4n) is 10.9. The van der Waals surface area contributed by atoms with E-state index in [9.17, 15) is 43.2 Å². The number of esters is 4. The predicted octanol–water partition coefficient (Wildman–Crippen LogP) is 21.3. The molecule has 3 N–H and O–H groups in total. The first-order valence-corrected chi connectivity index (χ1v) is 41.2. The van der Waals surface area contributed by atoms with Crippen LogP contribution in [0, 0.1) is 17.8 Å². The Balaban J connectivity index is 5.29. The monoisotopic (exact) mass is 1380 g/mol. The largest absolute Gasteiger partial charge is 0.472 e. The molecule has 19 heteroatoms. The van der Waals surface area contributed by atoms with Crippen LogP contribution in [0.2, 0.25) is 0 Å². The molecule has 0 amide bonds. The average Bonchev–Trinajstić information content (AvgIpc) is 1.77. The summed E-state index contributed by atoms with van der Waals surface area (Å²) in [7, 11) is -9.92. The summed E-state index contributed by atoms with van der Waals surface area (Å²) in [5.74, 6) is 0.128. The summed E-state index contributed by atoms with van der Waals surface area (Å²) < 4.78 is 68.4. The first-order chi connectivity index (χ1) is 45.3. The standard InChI is InChI=1S/C75H142O17P2/c1-8-10-11-12-13-14-15-16-17-18-22-28-35-42-49-56-72(77)85-62-70(91-75(80)59-52-45-37-30-25-24-27-34-41-48-55-68(7)9-2)64-89-93(81,82)87-60-69(76)61-88-94(83,84)90-65-71(63-86-73(78)57-50-43-38-31-33-40-47-54-67(5)6)92-74(79)58-51-44-36-29-23-20-19-21-26-32-39-46-53-66(3)4/h14-17,66-71,76H,8-13,18-65H2,1-7H3,(H,81,82)(H,83,84)/b15-14-,17-16-/t68?,69?,70-,71-/m1/s1. The summed E-state index contributed by atoms with van der Waals surface area (Å²) in [5.41, 5.74) is 0. The molecule has 17 nitrogen and oxygen atoms in total. The van der Waals surface area contributed by atoms with Crippen molar-refractivity contribution >= 4 is 39.5 Å². The molecule has 0 heterocycles. The lowest BCUT2D eigenvalue weighted by atomic mass is 9.99. The van der Waals surface area contributed by atoms with Gasteiger partial charge in [-0.2, -0.15) is 0 Å². The summed E-state index contributed by atoms with van der Waals surface area (Å²) in [6.45, 7) is 11.8. The van der Waals surface area contributed by atoms with Gasteiger partial charge in [-0.15, -0.1) is 0 Å². The highest BCUT2D eigenvalue weighted by Gasteiger charge is 2.30. The Morgan fingerprint density at radius 1 is 0.351 bits per heavy atom. The molecule has 0 aromatic carbocycles.